The first kappa shape index (κ1) is 18.0. The number of aryl methyl sites for hydroxylation is 1. The second-order valence-electron chi connectivity index (χ2n) is 5.42. The van der Waals surface area contributed by atoms with E-state index in [0.29, 0.717) is 18.3 Å². The van der Waals surface area contributed by atoms with E-state index in [4.69, 9.17) is 11.6 Å². The van der Waals surface area contributed by atoms with Crippen LogP contribution in [0.3, 0.4) is 0 Å². The summed E-state index contributed by atoms with van der Waals surface area (Å²) < 4.78 is 1.43. The number of hydrogen-bond donors (Lipinski definition) is 1. The van der Waals surface area contributed by atoms with Crippen LogP contribution in [0.25, 0.3) is 0 Å². The van der Waals surface area contributed by atoms with Crippen LogP contribution in [0.5, 0.6) is 0 Å². The molecule has 0 spiro atoms. The lowest BCUT2D eigenvalue weighted by Crippen LogP contribution is -2.33. The quantitative estimate of drug-likeness (QED) is 0.761. The van der Waals surface area contributed by atoms with E-state index < -0.39 is 0 Å². The van der Waals surface area contributed by atoms with Gasteiger partial charge in [-0.05, 0) is 26.8 Å². The fourth-order valence-corrected chi connectivity index (χ4v) is 2.17. The fraction of sp³-hybridized carbons (Fsp3) is 0.733. The van der Waals surface area contributed by atoms with E-state index in [1.54, 1.807) is 6.20 Å². The number of halogens is 1. The summed E-state index contributed by atoms with van der Waals surface area (Å²) in [5, 5.41) is 7.60. The molecule has 1 aromatic rings. The minimum absolute atomic E-state index is 0.217. The molecule has 0 aliphatic heterocycles. The van der Waals surface area contributed by atoms with Crippen molar-refractivity contribution in [3.8, 4) is 0 Å². The lowest BCUT2D eigenvalue weighted by Gasteiger charge is -2.23. The standard InChI is InChI=1S/C15H27ClN4O/c1-5-7-9-20-15(21)14(16)13(11-18-20)17-8-10-19(4)12(3)6-2/h11-12,17H,5-10H2,1-4H3. The van der Waals surface area contributed by atoms with Gasteiger partial charge in [0.15, 0.2) is 0 Å². The molecule has 0 amide bonds. The predicted octanol–water partition coefficient (Wildman–Crippen LogP) is 2.84. The largest absolute Gasteiger partial charge is 0.381 e. The number of nitrogens with one attached hydrogen (secondary N) is 1. The van der Waals surface area contributed by atoms with Gasteiger partial charge in [0.2, 0.25) is 0 Å². The summed E-state index contributed by atoms with van der Waals surface area (Å²) in [7, 11) is 2.10. The molecule has 0 fully saturated rings. The summed E-state index contributed by atoms with van der Waals surface area (Å²) in [4.78, 5) is 14.3. The van der Waals surface area contributed by atoms with Crippen molar-refractivity contribution in [2.24, 2.45) is 0 Å². The lowest BCUT2D eigenvalue weighted by molar-refractivity contribution is 0.261. The minimum atomic E-state index is -0.217. The summed E-state index contributed by atoms with van der Waals surface area (Å²) in [5.74, 6) is 0. The van der Waals surface area contributed by atoms with Crippen molar-refractivity contribution in [3.05, 3.63) is 21.6 Å². The monoisotopic (exact) mass is 314 g/mol. The number of anilines is 1. The SMILES string of the molecule is CCCCn1ncc(NCCN(C)C(C)CC)c(Cl)c1=O. The maximum Gasteiger partial charge on any atom is 0.287 e. The van der Waals surface area contributed by atoms with Gasteiger partial charge in [0, 0.05) is 25.7 Å². The Morgan fingerprint density at radius 2 is 2.19 bits per heavy atom. The molecular weight excluding hydrogens is 288 g/mol. The van der Waals surface area contributed by atoms with Crippen LogP contribution < -0.4 is 10.9 Å². The van der Waals surface area contributed by atoms with Gasteiger partial charge in [0.1, 0.15) is 5.02 Å². The summed E-state index contributed by atoms with van der Waals surface area (Å²) in [6, 6.07) is 0.544. The molecule has 0 radical (unpaired) electrons. The Hall–Kier alpha value is -1.07. The summed E-state index contributed by atoms with van der Waals surface area (Å²) in [6.45, 7) is 8.70. The zero-order chi connectivity index (χ0) is 15.8. The first-order valence-corrected chi connectivity index (χ1v) is 8.08. The third-order valence-corrected chi connectivity index (χ3v) is 4.20. The highest BCUT2D eigenvalue weighted by molar-refractivity contribution is 6.32. The smallest absolute Gasteiger partial charge is 0.287 e. The van der Waals surface area contributed by atoms with Gasteiger partial charge in [0.05, 0.1) is 11.9 Å². The molecular formula is C15H27ClN4O. The molecule has 1 aromatic heterocycles. The van der Waals surface area contributed by atoms with Crippen LogP contribution in [-0.4, -0.2) is 40.9 Å². The van der Waals surface area contributed by atoms with E-state index in [1.807, 2.05) is 0 Å². The maximum absolute atomic E-state index is 12.1. The molecule has 21 heavy (non-hydrogen) atoms. The number of rotatable bonds is 9. The average Bonchev–Trinajstić information content (AvgIpc) is 2.49. The average molecular weight is 315 g/mol. The summed E-state index contributed by atoms with van der Waals surface area (Å²) in [5.41, 5.74) is 0.400. The summed E-state index contributed by atoms with van der Waals surface area (Å²) >= 11 is 6.13. The van der Waals surface area contributed by atoms with E-state index in [1.165, 1.54) is 4.68 Å². The Labute approximate surface area is 132 Å². The fourth-order valence-electron chi connectivity index (χ4n) is 1.95. The second-order valence-corrected chi connectivity index (χ2v) is 5.80. The van der Waals surface area contributed by atoms with Crippen molar-refractivity contribution >= 4 is 17.3 Å². The molecule has 0 aliphatic carbocycles. The molecule has 1 heterocycles. The zero-order valence-electron chi connectivity index (χ0n) is 13.5. The van der Waals surface area contributed by atoms with Crippen molar-refractivity contribution in [1.82, 2.24) is 14.7 Å². The van der Waals surface area contributed by atoms with Crippen LogP contribution >= 0.6 is 11.6 Å². The highest BCUT2D eigenvalue weighted by Crippen LogP contribution is 2.15. The van der Waals surface area contributed by atoms with E-state index >= 15 is 0 Å². The molecule has 0 aromatic carbocycles. The van der Waals surface area contributed by atoms with Crippen LogP contribution in [0, 0.1) is 0 Å². The van der Waals surface area contributed by atoms with E-state index in [2.05, 4.69) is 43.1 Å². The highest BCUT2D eigenvalue weighted by Gasteiger charge is 2.10. The first-order chi connectivity index (χ1) is 10.0. The molecule has 5 nitrogen and oxygen atoms in total. The molecule has 6 heteroatoms. The number of aromatic nitrogens is 2. The van der Waals surface area contributed by atoms with Crippen molar-refractivity contribution < 1.29 is 0 Å². The van der Waals surface area contributed by atoms with Gasteiger partial charge in [-0.15, -0.1) is 0 Å². The number of unbranched alkanes of at least 4 members (excludes halogenated alkanes) is 1. The summed E-state index contributed by atoms with van der Waals surface area (Å²) in [6.07, 6.45) is 4.71. The second kappa shape index (κ2) is 9.05. The molecule has 1 unspecified atom stereocenters. The van der Waals surface area contributed by atoms with E-state index in [0.717, 1.165) is 32.4 Å². The van der Waals surface area contributed by atoms with Gasteiger partial charge >= 0.3 is 0 Å². The van der Waals surface area contributed by atoms with Crippen LogP contribution in [-0.2, 0) is 6.54 Å². The predicted molar refractivity (Wildman–Crippen MR) is 89.3 cm³/mol. The van der Waals surface area contributed by atoms with Gasteiger partial charge in [0.25, 0.3) is 5.56 Å². The lowest BCUT2D eigenvalue weighted by atomic mass is 10.2. The number of nitrogens with zero attached hydrogens (tertiary/aromatic N) is 3. The highest BCUT2D eigenvalue weighted by atomic mass is 35.5. The van der Waals surface area contributed by atoms with Crippen LogP contribution in [0.1, 0.15) is 40.0 Å². The van der Waals surface area contributed by atoms with Gasteiger partial charge < -0.3 is 10.2 Å². The molecule has 0 saturated heterocycles. The Kier molecular flexibility index (Phi) is 7.75. The number of hydrogen-bond acceptors (Lipinski definition) is 4. The van der Waals surface area contributed by atoms with Crippen molar-refractivity contribution in [3.63, 3.8) is 0 Å². The van der Waals surface area contributed by atoms with Gasteiger partial charge in [-0.2, -0.15) is 5.10 Å². The number of likely N-dealkylation sites (N-methyl/N-ethyl adjacent to an activating group) is 1. The molecule has 1 N–H and O–H groups in total. The maximum atomic E-state index is 12.1. The molecule has 0 bridgehead atoms. The van der Waals surface area contributed by atoms with Crippen molar-refractivity contribution in [2.45, 2.75) is 52.6 Å². The first-order valence-electron chi connectivity index (χ1n) is 7.70. The Bertz CT molecular complexity index is 489. The zero-order valence-corrected chi connectivity index (χ0v) is 14.3. The topological polar surface area (TPSA) is 50.2 Å². The Morgan fingerprint density at radius 3 is 2.81 bits per heavy atom. The van der Waals surface area contributed by atoms with E-state index in [-0.39, 0.29) is 10.6 Å². The van der Waals surface area contributed by atoms with E-state index in [9.17, 15) is 4.79 Å². The molecule has 1 rings (SSSR count). The molecule has 0 aliphatic rings. The van der Waals surface area contributed by atoms with Crippen molar-refractivity contribution in [2.75, 3.05) is 25.5 Å². The molecule has 120 valence electrons. The minimum Gasteiger partial charge on any atom is -0.381 e. The Morgan fingerprint density at radius 1 is 1.48 bits per heavy atom. The van der Waals surface area contributed by atoms with Crippen LogP contribution in [0.2, 0.25) is 5.02 Å². The Balaban J connectivity index is 2.60. The van der Waals surface area contributed by atoms with Gasteiger partial charge in [-0.25, -0.2) is 4.68 Å². The molecule has 1 atom stereocenters. The van der Waals surface area contributed by atoms with Gasteiger partial charge in [-0.3, -0.25) is 4.79 Å². The third kappa shape index (κ3) is 5.32. The normalized spacial score (nSPS) is 12.7. The van der Waals surface area contributed by atoms with Gasteiger partial charge in [-0.1, -0.05) is 31.9 Å². The van der Waals surface area contributed by atoms with Crippen LogP contribution in [0.4, 0.5) is 5.69 Å². The third-order valence-electron chi connectivity index (χ3n) is 3.83. The van der Waals surface area contributed by atoms with Crippen LogP contribution in [0.15, 0.2) is 11.0 Å². The molecule has 0 saturated carbocycles. The van der Waals surface area contributed by atoms with Crippen molar-refractivity contribution in [1.29, 1.82) is 0 Å².